The molecule has 1 aromatic rings. The number of hydrogen-bond acceptors (Lipinski definition) is 5. The van der Waals surface area contributed by atoms with E-state index in [0.717, 1.165) is 0 Å². The maximum atomic E-state index is 11.5. The number of carbonyl (C=O) groups excluding carboxylic acids is 2. The monoisotopic (exact) mass is 235 g/mol. The molecule has 1 saturated heterocycles. The van der Waals surface area contributed by atoms with Gasteiger partial charge in [-0.3, -0.25) is 0 Å². The first-order valence-electron chi connectivity index (χ1n) is 5.21. The Bertz CT molecular complexity index is 458. The highest BCUT2D eigenvalue weighted by atomic mass is 16.5. The van der Waals surface area contributed by atoms with Gasteiger partial charge in [0.25, 0.3) is 0 Å². The average molecular weight is 235 g/mol. The summed E-state index contributed by atoms with van der Waals surface area (Å²) in [6.45, 7) is 0.570. The van der Waals surface area contributed by atoms with Crippen molar-refractivity contribution in [2.45, 2.75) is 6.04 Å². The number of methoxy groups -OCH3 is 2. The van der Waals surface area contributed by atoms with Gasteiger partial charge < -0.3 is 14.4 Å². The van der Waals surface area contributed by atoms with Gasteiger partial charge in [-0.1, -0.05) is 12.1 Å². The van der Waals surface area contributed by atoms with Gasteiger partial charge in [0.05, 0.1) is 32.0 Å². The van der Waals surface area contributed by atoms with Crippen LogP contribution in [0.2, 0.25) is 0 Å². The van der Waals surface area contributed by atoms with Crippen molar-refractivity contribution in [3.63, 3.8) is 0 Å². The van der Waals surface area contributed by atoms with Gasteiger partial charge in [0.1, 0.15) is 6.04 Å². The third-order valence-corrected chi connectivity index (χ3v) is 2.70. The van der Waals surface area contributed by atoms with Crippen molar-refractivity contribution in [3.05, 3.63) is 29.8 Å². The van der Waals surface area contributed by atoms with Crippen molar-refractivity contribution in [3.8, 4) is 0 Å². The summed E-state index contributed by atoms with van der Waals surface area (Å²) in [5.74, 6) is -0.694. The summed E-state index contributed by atoms with van der Waals surface area (Å²) in [4.78, 5) is 24.7. The van der Waals surface area contributed by atoms with Crippen LogP contribution in [0, 0.1) is 0 Å². The van der Waals surface area contributed by atoms with Crippen molar-refractivity contribution >= 4 is 17.6 Å². The molecule has 5 nitrogen and oxygen atoms in total. The van der Waals surface area contributed by atoms with E-state index in [9.17, 15) is 9.59 Å². The SMILES string of the molecule is COC(=O)c1ccccc1N1CC1C(=O)OC. The van der Waals surface area contributed by atoms with Crippen LogP contribution in [0.5, 0.6) is 0 Å². The number of carbonyl (C=O) groups is 2. The van der Waals surface area contributed by atoms with E-state index in [0.29, 0.717) is 17.8 Å². The first-order valence-corrected chi connectivity index (χ1v) is 5.21. The molecule has 1 unspecified atom stereocenters. The second-order valence-electron chi connectivity index (χ2n) is 3.70. The van der Waals surface area contributed by atoms with E-state index in [-0.39, 0.29) is 12.0 Å². The highest BCUT2D eigenvalue weighted by Gasteiger charge is 2.43. The molecular weight excluding hydrogens is 222 g/mol. The van der Waals surface area contributed by atoms with Crippen molar-refractivity contribution in [2.24, 2.45) is 0 Å². The molecule has 1 aromatic carbocycles. The molecular formula is C12H13NO4. The summed E-state index contributed by atoms with van der Waals surface area (Å²) in [5.41, 5.74) is 1.16. The smallest absolute Gasteiger partial charge is 0.339 e. The van der Waals surface area contributed by atoms with Crippen LogP contribution in [0.3, 0.4) is 0 Å². The third-order valence-electron chi connectivity index (χ3n) is 2.70. The molecule has 5 heteroatoms. The van der Waals surface area contributed by atoms with E-state index in [1.165, 1.54) is 14.2 Å². The van der Waals surface area contributed by atoms with Crippen LogP contribution >= 0.6 is 0 Å². The number of esters is 2. The molecule has 0 spiro atoms. The second kappa shape index (κ2) is 4.45. The minimum absolute atomic E-state index is 0.286. The van der Waals surface area contributed by atoms with Gasteiger partial charge in [-0.2, -0.15) is 0 Å². The lowest BCUT2D eigenvalue weighted by molar-refractivity contribution is -0.139. The van der Waals surface area contributed by atoms with Gasteiger partial charge >= 0.3 is 11.9 Å². The molecule has 0 saturated carbocycles. The fourth-order valence-corrected chi connectivity index (χ4v) is 1.75. The van der Waals surface area contributed by atoms with Gasteiger partial charge in [0.15, 0.2) is 0 Å². The second-order valence-corrected chi connectivity index (χ2v) is 3.70. The summed E-state index contributed by atoms with van der Waals surface area (Å²) >= 11 is 0. The van der Waals surface area contributed by atoms with Crippen molar-refractivity contribution < 1.29 is 19.1 Å². The van der Waals surface area contributed by atoms with Crippen molar-refractivity contribution in [2.75, 3.05) is 25.7 Å². The summed E-state index contributed by atoms with van der Waals surface area (Å²) in [6, 6.07) is 6.75. The minimum Gasteiger partial charge on any atom is -0.467 e. The zero-order chi connectivity index (χ0) is 12.4. The Morgan fingerprint density at radius 3 is 2.59 bits per heavy atom. The van der Waals surface area contributed by atoms with Crippen LogP contribution < -0.4 is 4.90 Å². The molecule has 2 rings (SSSR count). The van der Waals surface area contributed by atoms with Crippen LogP contribution in [-0.4, -0.2) is 38.7 Å². The number of nitrogens with zero attached hydrogens (tertiary/aromatic N) is 1. The molecule has 1 atom stereocenters. The molecule has 1 heterocycles. The predicted molar refractivity (Wildman–Crippen MR) is 60.9 cm³/mol. The maximum Gasteiger partial charge on any atom is 0.339 e. The number of para-hydroxylation sites is 1. The Labute approximate surface area is 98.9 Å². The number of benzene rings is 1. The van der Waals surface area contributed by atoms with Gasteiger partial charge in [-0.25, -0.2) is 9.59 Å². The Kier molecular flexibility index (Phi) is 2.99. The first kappa shape index (κ1) is 11.4. The molecule has 0 radical (unpaired) electrons. The standard InChI is InChI=1S/C12H13NO4/c1-16-11(14)8-5-3-4-6-9(8)13-7-10(13)12(15)17-2/h3-6,10H,7H2,1-2H3. The van der Waals surface area contributed by atoms with Gasteiger partial charge in [-0.15, -0.1) is 0 Å². The van der Waals surface area contributed by atoms with E-state index in [1.807, 2.05) is 6.07 Å². The van der Waals surface area contributed by atoms with Crippen LogP contribution in [0.1, 0.15) is 10.4 Å². The van der Waals surface area contributed by atoms with Crippen molar-refractivity contribution in [1.29, 1.82) is 0 Å². The van der Waals surface area contributed by atoms with Crippen LogP contribution in [0.4, 0.5) is 5.69 Å². The Hall–Kier alpha value is -2.04. The zero-order valence-corrected chi connectivity index (χ0v) is 9.67. The van der Waals surface area contributed by atoms with E-state index in [2.05, 4.69) is 4.74 Å². The Balaban J connectivity index is 2.23. The van der Waals surface area contributed by atoms with Gasteiger partial charge in [-0.05, 0) is 12.1 Å². The molecule has 0 aromatic heterocycles. The molecule has 1 aliphatic rings. The predicted octanol–water partition coefficient (Wildman–Crippen LogP) is 0.835. The van der Waals surface area contributed by atoms with Gasteiger partial charge in [0, 0.05) is 0 Å². The molecule has 0 bridgehead atoms. The highest BCUT2D eigenvalue weighted by molar-refractivity contribution is 5.98. The quantitative estimate of drug-likeness (QED) is 0.574. The molecule has 0 amide bonds. The number of ether oxygens (including phenoxy) is 2. The van der Waals surface area contributed by atoms with E-state index < -0.39 is 5.97 Å². The average Bonchev–Trinajstić information content (AvgIpc) is 3.17. The van der Waals surface area contributed by atoms with E-state index >= 15 is 0 Å². The largest absolute Gasteiger partial charge is 0.467 e. The topological polar surface area (TPSA) is 55.6 Å². The molecule has 1 fully saturated rings. The number of rotatable bonds is 3. The first-order chi connectivity index (χ1) is 8.19. The molecule has 0 aliphatic carbocycles. The Morgan fingerprint density at radius 1 is 1.24 bits per heavy atom. The molecule has 17 heavy (non-hydrogen) atoms. The van der Waals surface area contributed by atoms with Gasteiger partial charge in [0.2, 0.25) is 0 Å². The summed E-state index contributed by atoms with van der Waals surface area (Å²) in [7, 11) is 2.68. The molecule has 1 aliphatic heterocycles. The minimum atomic E-state index is -0.406. The third kappa shape index (κ3) is 2.08. The normalized spacial score (nSPS) is 17.5. The number of hydrogen-bond donors (Lipinski definition) is 0. The lowest BCUT2D eigenvalue weighted by atomic mass is 10.2. The van der Waals surface area contributed by atoms with Crippen molar-refractivity contribution in [1.82, 2.24) is 0 Å². The zero-order valence-electron chi connectivity index (χ0n) is 9.67. The summed E-state index contributed by atoms with van der Waals surface area (Å²) < 4.78 is 9.35. The van der Waals surface area contributed by atoms with E-state index in [1.54, 1.807) is 23.1 Å². The van der Waals surface area contributed by atoms with Crippen LogP contribution in [0.25, 0.3) is 0 Å². The van der Waals surface area contributed by atoms with E-state index in [4.69, 9.17) is 4.74 Å². The van der Waals surface area contributed by atoms with Crippen LogP contribution in [0.15, 0.2) is 24.3 Å². The summed E-state index contributed by atoms with van der Waals surface area (Å²) in [6.07, 6.45) is 0. The number of anilines is 1. The van der Waals surface area contributed by atoms with Crippen LogP contribution in [-0.2, 0) is 14.3 Å². The Morgan fingerprint density at radius 2 is 1.94 bits per heavy atom. The fraction of sp³-hybridized carbons (Fsp3) is 0.333. The lowest BCUT2D eigenvalue weighted by Crippen LogP contribution is -2.15. The maximum absolute atomic E-state index is 11.5. The summed E-state index contributed by atoms with van der Waals surface area (Å²) in [5, 5.41) is 0. The lowest BCUT2D eigenvalue weighted by Gasteiger charge is -2.09. The fourth-order valence-electron chi connectivity index (χ4n) is 1.75. The molecule has 0 N–H and O–H groups in total. The molecule has 90 valence electrons. The highest BCUT2D eigenvalue weighted by Crippen LogP contribution is 2.31.